The van der Waals surface area contributed by atoms with Crippen molar-refractivity contribution in [3.63, 3.8) is 0 Å². The van der Waals surface area contributed by atoms with Gasteiger partial charge in [-0.15, -0.1) is 11.8 Å². The molecule has 1 aliphatic rings. The third kappa shape index (κ3) is 4.25. The van der Waals surface area contributed by atoms with E-state index in [1.165, 1.54) is 4.90 Å². The van der Waals surface area contributed by atoms with Crippen molar-refractivity contribution >= 4 is 29.5 Å². The summed E-state index contributed by atoms with van der Waals surface area (Å²) in [6, 6.07) is 7.68. The number of hydrogen-bond donors (Lipinski definition) is 2. The van der Waals surface area contributed by atoms with Crippen LogP contribution in [0.1, 0.15) is 12.0 Å². The van der Waals surface area contributed by atoms with Crippen molar-refractivity contribution in [1.29, 1.82) is 0 Å². The molecule has 1 aromatic carbocycles. The predicted molar refractivity (Wildman–Crippen MR) is 88.5 cm³/mol. The lowest BCUT2D eigenvalue weighted by molar-refractivity contribution is -0.138. The van der Waals surface area contributed by atoms with Crippen molar-refractivity contribution in [1.82, 2.24) is 4.90 Å². The summed E-state index contributed by atoms with van der Waals surface area (Å²) in [4.78, 5) is 38.1. The van der Waals surface area contributed by atoms with Crippen LogP contribution in [0.4, 0.5) is 0 Å². The quantitative estimate of drug-likeness (QED) is 0.759. The number of thioether (sulfide) groups is 1. The van der Waals surface area contributed by atoms with Gasteiger partial charge in [0.05, 0.1) is 18.3 Å². The summed E-state index contributed by atoms with van der Waals surface area (Å²) < 4.78 is 0. The van der Waals surface area contributed by atoms with Gasteiger partial charge in [0.1, 0.15) is 0 Å². The summed E-state index contributed by atoms with van der Waals surface area (Å²) in [6.07, 6.45) is 2.50. The zero-order valence-electron chi connectivity index (χ0n) is 13.0. The fourth-order valence-electron chi connectivity index (χ4n) is 2.84. The summed E-state index contributed by atoms with van der Waals surface area (Å²) in [7, 11) is 0. The van der Waals surface area contributed by atoms with E-state index in [9.17, 15) is 14.4 Å². The zero-order chi connectivity index (χ0) is 17.0. The molecule has 1 saturated heterocycles. The second kappa shape index (κ2) is 7.50. The van der Waals surface area contributed by atoms with E-state index >= 15 is 0 Å². The Bertz CT molecular complexity index is 598. The Hall–Kier alpha value is -2.02. The summed E-state index contributed by atoms with van der Waals surface area (Å²) in [5.74, 6) is -2.18. The molecule has 4 N–H and O–H groups in total. The third-order valence-corrected chi connectivity index (χ3v) is 4.98. The second-order valence-corrected chi connectivity index (χ2v) is 6.57. The topological polar surface area (TPSA) is 106 Å². The van der Waals surface area contributed by atoms with Crippen molar-refractivity contribution in [2.24, 2.45) is 23.3 Å². The Morgan fingerprint density at radius 1 is 1.13 bits per heavy atom. The first-order chi connectivity index (χ1) is 10.9. The van der Waals surface area contributed by atoms with Gasteiger partial charge < -0.3 is 16.4 Å². The maximum atomic E-state index is 12.6. The van der Waals surface area contributed by atoms with Crippen molar-refractivity contribution in [2.45, 2.75) is 17.7 Å². The van der Waals surface area contributed by atoms with Crippen LogP contribution in [-0.2, 0) is 20.8 Å². The summed E-state index contributed by atoms with van der Waals surface area (Å²) in [5.41, 5.74) is 11.6. The van der Waals surface area contributed by atoms with Crippen molar-refractivity contribution in [3.8, 4) is 0 Å². The van der Waals surface area contributed by atoms with Crippen LogP contribution in [0.3, 0.4) is 0 Å². The van der Waals surface area contributed by atoms with Gasteiger partial charge in [0.2, 0.25) is 17.7 Å². The highest BCUT2D eigenvalue weighted by Gasteiger charge is 2.35. The molecule has 0 spiro atoms. The number of likely N-dealkylation sites (tertiary alicyclic amines) is 1. The van der Waals surface area contributed by atoms with Crippen molar-refractivity contribution in [3.05, 3.63) is 29.8 Å². The molecule has 2 rings (SSSR count). The first-order valence-corrected chi connectivity index (χ1v) is 8.63. The number of amides is 3. The molecule has 0 aromatic heterocycles. The van der Waals surface area contributed by atoms with Crippen LogP contribution < -0.4 is 11.5 Å². The summed E-state index contributed by atoms with van der Waals surface area (Å²) >= 11 is 1.58. The van der Waals surface area contributed by atoms with Crippen molar-refractivity contribution in [2.75, 3.05) is 19.3 Å². The molecule has 0 aliphatic carbocycles. The molecule has 7 heteroatoms. The molecule has 0 saturated carbocycles. The highest BCUT2D eigenvalue weighted by Crippen LogP contribution is 2.24. The molecule has 1 fully saturated rings. The van der Waals surface area contributed by atoms with Crippen LogP contribution in [0.5, 0.6) is 0 Å². The monoisotopic (exact) mass is 335 g/mol. The number of hydrogen-bond acceptors (Lipinski definition) is 4. The van der Waals surface area contributed by atoms with Gasteiger partial charge in [-0.3, -0.25) is 14.4 Å². The number of nitrogens with zero attached hydrogens (tertiary/aromatic N) is 1. The lowest BCUT2D eigenvalue weighted by atomic mass is 9.88. The molecule has 0 unspecified atom stereocenters. The third-order valence-electron chi connectivity index (χ3n) is 4.14. The average Bonchev–Trinajstić information content (AvgIpc) is 2.54. The molecule has 1 aliphatic heterocycles. The Kier molecular flexibility index (Phi) is 5.65. The largest absolute Gasteiger partial charge is 0.369 e. The molecule has 3 amide bonds. The standard InChI is InChI=1S/C16H21N3O3S/c1-23-13-5-3-2-4-10(13)7-14(20)19-8-11(15(17)21)6-12(9-19)16(18)22/h2-5,11-12H,6-9H2,1H3,(H2,17,21)(H2,18,22)/t11-,12+. The van der Waals surface area contributed by atoms with Gasteiger partial charge in [-0.25, -0.2) is 0 Å². The number of carbonyl (C=O) groups excluding carboxylic acids is 3. The molecule has 6 nitrogen and oxygen atoms in total. The molecule has 2 atom stereocenters. The van der Waals surface area contributed by atoms with Gasteiger partial charge >= 0.3 is 0 Å². The number of rotatable bonds is 5. The van der Waals surface area contributed by atoms with Gasteiger partial charge in [0.15, 0.2) is 0 Å². The maximum absolute atomic E-state index is 12.6. The zero-order valence-corrected chi connectivity index (χ0v) is 13.8. The number of primary amides is 2. The first-order valence-electron chi connectivity index (χ1n) is 7.40. The molecular formula is C16H21N3O3S. The molecule has 1 heterocycles. The van der Waals surface area contributed by atoms with E-state index in [2.05, 4.69) is 0 Å². The number of nitrogens with two attached hydrogens (primary N) is 2. The second-order valence-electron chi connectivity index (χ2n) is 5.72. The van der Waals surface area contributed by atoms with E-state index in [-0.39, 0.29) is 25.4 Å². The van der Waals surface area contributed by atoms with Gasteiger partial charge in [-0.1, -0.05) is 18.2 Å². The van der Waals surface area contributed by atoms with E-state index in [1.807, 2.05) is 30.5 Å². The SMILES string of the molecule is CSc1ccccc1CC(=O)N1C[C@H](C(N)=O)C[C@H](C(N)=O)C1. The van der Waals surface area contributed by atoms with Crippen LogP contribution in [0.25, 0.3) is 0 Å². The Morgan fingerprint density at radius 2 is 1.70 bits per heavy atom. The number of piperidine rings is 1. The van der Waals surface area contributed by atoms with Crippen LogP contribution in [0, 0.1) is 11.8 Å². The fraction of sp³-hybridized carbons (Fsp3) is 0.438. The molecule has 124 valence electrons. The highest BCUT2D eigenvalue weighted by molar-refractivity contribution is 7.98. The number of carbonyl (C=O) groups is 3. The fourth-order valence-corrected chi connectivity index (χ4v) is 3.46. The van der Waals surface area contributed by atoms with E-state index in [1.54, 1.807) is 11.8 Å². The van der Waals surface area contributed by atoms with E-state index in [0.29, 0.717) is 6.42 Å². The summed E-state index contributed by atoms with van der Waals surface area (Å²) in [6.45, 7) is 0.499. The van der Waals surface area contributed by atoms with E-state index in [4.69, 9.17) is 11.5 Å². The number of benzene rings is 1. The molecular weight excluding hydrogens is 314 g/mol. The molecule has 23 heavy (non-hydrogen) atoms. The van der Waals surface area contributed by atoms with Gasteiger partial charge in [0.25, 0.3) is 0 Å². The maximum Gasteiger partial charge on any atom is 0.227 e. The lowest BCUT2D eigenvalue weighted by Gasteiger charge is -2.35. The van der Waals surface area contributed by atoms with E-state index < -0.39 is 23.7 Å². The molecule has 1 aromatic rings. The molecule has 0 radical (unpaired) electrons. The smallest absolute Gasteiger partial charge is 0.227 e. The Morgan fingerprint density at radius 3 is 2.22 bits per heavy atom. The average molecular weight is 335 g/mol. The minimum atomic E-state index is -0.527. The lowest BCUT2D eigenvalue weighted by Crippen LogP contribution is -2.51. The van der Waals surface area contributed by atoms with E-state index in [0.717, 1.165) is 10.5 Å². The highest BCUT2D eigenvalue weighted by atomic mass is 32.2. The van der Waals surface area contributed by atoms with Crippen LogP contribution >= 0.6 is 11.8 Å². The predicted octanol–water partition coefficient (Wildman–Crippen LogP) is 0.386. The van der Waals surface area contributed by atoms with Gasteiger partial charge in [0, 0.05) is 18.0 Å². The van der Waals surface area contributed by atoms with Crippen LogP contribution in [-0.4, -0.2) is 42.0 Å². The first kappa shape index (κ1) is 17.3. The summed E-state index contributed by atoms with van der Waals surface area (Å²) in [5, 5.41) is 0. The minimum absolute atomic E-state index is 0.122. The Labute approximate surface area is 139 Å². The van der Waals surface area contributed by atoms with Crippen LogP contribution in [0.2, 0.25) is 0 Å². The van der Waals surface area contributed by atoms with Gasteiger partial charge in [-0.05, 0) is 24.3 Å². The normalized spacial score (nSPS) is 21.0. The van der Waals surface area contributed by atoms with Gasteiger partial charge in [-0.2, -0.15) is 0 Å². The van der Waals surface area contributed by atoms with Crippen LogP contribution in [0.15, 0.2) is 29.2 Å². The minimum Gasteiger partial charge on any atom is -0.369 e. The Balaban J connectivity index is 2.13. The van der Waals surface area contributed by atoms with Crippen molar-refractivity contribution < 1.29 is 14.4 Å². The molecule has 0 bridgehead atoms.